The van der Waals surface area contributed by atoms with Gasteiger partial charge in [-0.2, -0.15) is 0 Å². The highest BCUT2D eigenvalue weighted by molar-refractivity contribution is 5.97. The molecule has 0 N–H and O–H groups in total. The molecule has 3 aliphatic rings. The first-order valence-corrected chi connectivity index (χ1v) is 8.03. The van der Waals surface area contributed by atoms with Crippen LogP contribution in [0.25, 0.3) is 0 Å². The van der Waals surface area contributed by atoms with Gasteiger partial charge < -0.3 is 4.74 Å². The fourth-order valence-corrected chi connectivity index (χ4v) is 4.96. The van der Waals surface area contributed by atoms with Gasteiger partial charge in [0.1, 0.15) is 5.75 Å². The summed E-state index contributed by atoms with van der Waals surface area (Å²) >= 11 is 0. The highest BCUT2D eigenvalue weighted by atomic mass is 16.5. The third-order valence-corrected chi connectivity index (χ3v) is 6.20. The van der Waals surface area contributed by atoms with Crippen molar-refractivity contribution in [3.05, 3.63) is 41.5 Å². The largest absolute Gasteiger partial charge is 0.497 e. The van der Waals surface area contributed by atoms with Gasteiger partial charge in [-0.25, -0.2) is 0 Å². The van der Waals surface area contributed by atoms with Crippen molar-refractivity contribution in [2.45, 2.75) is 38.5 Å². The molecule has 21 heavy (non-hydrogen) atoms. The fraction of sp³-hybridized carbons (Fsp3) is 0.526. The normalized spacial score (nSPS) is 36.9. The summed E-state index contributed by atoms with van der Waals surface area (Å²) in [6.45, 7) is 2.18. The van der Waals surface area contributed by atoms with E-state index in [0.717, 1.165) is 25.0 Å². The summed E-state index contributed by atoms with van der Waals surface area (Å²) in [6, 6.07) is 6.55. The minimum Gasteiger partial charge on any atom is -0.497 e. The molecule has 0 saturated heterocycles. The van der Waals surface area contributed by atoms with Crippen LogP contribution in [0.3, 0.4) is 0 Å². The third-order valence-electron chi connectivity index (χ3n) is 6.20. The van der Waals surface area contributed by atoms with Crippen LogP contribution in [0.4, 0.5) is 0 Å². The van der Waals surface area contributed by atoms with E-state index in [4.69, 9.17) is 4.74 Å². The van der Waals surface area contributed by atoms with Gasteiger partial charge in [0.05, 0.1) is 7.11 Å². The Morgan fingerprint density at radius 2 is 2.14 bits per heavy atom. The molecule has 0 heterocycles. The summed E-state index contributed by atoms with van der Waals surface area (Å²) < 4.78 is 5.36. The van der Waals surface area contributed by atoms with Gasteiger partial charge in [-0.05, 0) is 72.8 Å². The second-order valence-electron chi connectivity index (χ2n) is 7.08. The van der Waals surface area contributed by atoms with Crippen molar-refractivity contribution in [2.24, 2.45) is 17.3 Å². The van der Waals surface area contributed by atoms with Crippen LogP contribution in [0.5, 0.6) is 5.75 Å². The molecule has 0 aliphatic heterocycles. The molecule has 2 nitrogen and oxygen atoms in total. The summed E-state index contributed by atoms with van der Waals surface area (Å²) in [6.07, 6.45) is 8.52. The van der Waals surface area contributed by atoms with Crippen LogP contribution in [-0.2, 0) is 11.2 Å². The molecule has 0 radical (unpaired) electrons. The fourth-order valence-electron chi connectivity index (χ4n) is 4.96. The zero-order valence-electron chi connectivity index (χ0n) is 12.8. The third kappa shape index (κ3) is 1.74. The van der Waals surface area contributed by atoms with Gasteiger partial charge >= 0.3 is 0 Å². The number of hydrogen-bond acceptors (Lipinski definition) is 2. The lowest BCUT2D eigenvalue weighted by Crippen LogP contribution is -2.42. The van der Waals surface area contributed by atoms with Crippen molar-refractivity contribution in [1.82, 2.24) is 0 Å². The lowest BCUT2D eigenvalue weighted by atomic mass is 9.55. The number of fused-ring (bicyclic) bond motifs is 5. The molecule has 1 saturated carbocycles. The maximum atomic E-state index is 12.2. The lowest BCUT2D eigenvalue weighted by molar-refractivity contribution is -0.126. The Hall–Kier alpha value is -1.57. The maximum absolute atomic E-state index is 12.2. The van der Waals surface area contributed by atoms with Gasteiger partial charge in [-0.15, -0.1) is 0 Å². The average molecular weight is 282 g/mol. The molecule has 0 aromatic heterocycles. The average Bonchev–Trinajstić information content (AvgIpc) is 2.82. The highest BCUT2D eigenvalue weighted by Gasteiger charge is 2.52. The van der Waals surface area contributed by atoms with E-state index in [2.05, 4.69) is 31.2 Å². The zero-order valence-corrected chi connectivity index (χ0v) is 12.8. The van der Waals surface area contributed by atoms with Crippen LogP contribution in [0.1, 0.15) is 43.2 Å². The van der Waals surface area contributed by atoms with Crippen molar-refractivity contribution >= 4 is 5.78 Å². The summed E-state index contributed by atoms with van der Waals surface area (Å²) in [7, 11) is 1.73. The summed E-state index contributed by atoms with van der Waals surface area (Å²) in [4.78, 5) is 12.2. The minimum absolute atomic E-state index is 0.120. The standard InChI is InChI=1S/C19H22O2/c1-19-10-9-15-14-6-4-13(21-2)11-12(14)3-5-16(15)17(19)7-8-18(19)20/h4,6-8,11,15-17H,3,5,9-10H2,1-2H3/t15-,16-,17+,19+/m1/s1. The maximum Gasteiger partial charge on any atom is 0.161 e. The Bertz CT molecular complexity index is 630. The van der Waals surface area contributed by atoms with Gasteiger partial charge in [0.25, 0.3) is 0 Å². The molecule has 0 bridgehead atoms. The van der Waals surface area contributed by atoms with E-state index < -0.39 is 0 Å². The van der Waals surface area contributed by atoms with E-state index in [9.17, 15) is 4.79 Å². The molecule has 110 valence electrons. The number of hydrogen-bond donors (Lipinski definition) is 0. The first kappa shape index (κ1) is 13.1. The first-order chi connectivity index (χ1) is 10.1. The van der Waals surface area contributed by atoms with E-state index in [-0.39, 0.29) is 5.41 Å². The smallest absolute Gasteiger partial charge is 0.161 e. The molecule has 0 amide bonds. The molecule has 0 spiro atoms. The predicted octanol–water partition coefficient (Wildman–Crippen LogP) is 3.90. The highest BCUT2D eigenvalue weighted by Crippen LogP contribution is 2.57. The van der Waals surface area contributed by atoms with Crippen LogP contribution >= 0.6 is 0 Å². The number of rotatable bonds is 1. The zero-order chi connectivity index (χ0) is 14.6. The number of ketones is 1. The van der Waals surface area contributed by atoms with Gasteiger partial charge in [-0.1, -0.05) is 19.1 Å². The van der Waals surface area contributed by atoms with Crippen LogP contribution in [-0.4, -0.2) is 12.9 Å². The van der Waals surface area contributed by atoms with E-state index in [1.54, 1.807) is 7.11 Å². The molecule has 3 aliphatic carbocycles. The Labute approximate surface area is 126 Å². The number of allylic oxidation sites excluding steroid dienone is 2. The predicted molar refractivity (Wildman–Crippen MR) is 82.5 cm³/mol. The summed E-state index contributed by atoms with van der Waals surface area (Å²) in [5.74, 6) is 3.01. The minimum atomic E-state index is -0.120. The molecular formula is C19H22O2. The molecule has 4 rings (SSSR count). The number of methoxy groups -OCH3 is 1. The van der Waals surface area contributed by atoms with Crippen molar-refractivity contribution in [1.29, 1.82) is 0 Å². The van der Waals surface area contributed by atoms with E-state index in [1.165, 1.54) is 17.5 Å². The SMILES string of the molecule is COc1ccc2c(c1)CC[C@@H]1[C@@H]2CC[C@]2(C)C(=O)C=C[C@@H]12. The second-order valence-corrected chi connectivity index (χ2v) is 7.08. The Morgan fingerprint density at radius 3 is 2.95 bits per heavy atom. The van der Waals surface area contributed by atoms with Crippen LogP contribution < -0.4 is 4.74 Å². The van der Waals surface area contributed by atoms with E-state index >= 15 is 0 Å². The van der Waals surface area contributed by atoms with Crippen molar-refractivity contribution in [2.75, 3.05) is 7.11 Å². The molecule has 1 fully saturated rings. The Balaban J connectivity index is 1.72. The molecule has 1 aromatic carbocycles. The Morgan fingerprint density at radius 1 is 1.29 bits per heavy atom. The Kier molecular flexibility index (Phi) is 2.79. The number of aryl methyl sites for hydroxylation is 1. The monoisotopic (exact) mass is 282 g/mol. The van der Waals surface area contributed by atoms with Crippen molar-refractivity contribution in [3.63, 3.8) is 0 Å². The van der Waals surface area contributed by atoms with Gasteiger partial charge in [0.15, 0.2) is 5.78 Å². The summed E-state index contributed by atoms with van der Waals surface area (Å²) in [5, 5.41) is 0. The number of carbonyl (C=O) groups excluding carboxylic acids is 1. The topological polar surface area (TPSA) is 26.3 Å². The van der Waals surface area contributed by atoms with Crippen LogP contribution in [0, 0.1) is 17.3 Å². The number of benzene rings is 1. The van der Waals surface area contributed by atoms with Gasteiger partial charge in [0.2, 0.25) is 0 Å². The van der Waals surface area contributed by atoms with Gasteiger partial charge in [-0.3, -0.25) is 4.79 Å². The van der Waals surface area contributed by atoms with E-state index in [1.807, 2.05) is 6.08 Å². The van der Waals surface area contributed by atoms with E-state index in [0.29, 0.717) is 23.5 Å². The molecule has 4 atom stereocenters. The number of ether oxygens (including phenoxy) is 1. The van der Waals surface area contributed by atoms with Crippen molar-refractivity contribution in [3.8, 4) is 5.75 Å². The summed E-state index contributed by atoms with van der Waals surface area (Å²) in [5.41, 5.74) is 2.83. The number of carbonyl (C=O) groups is 1. The molecule has 0 unspecified atom stereocenters. The lowest BCUT2D eigenvalue weighted by Gasteiger charge is -2.48. The van der Waals surface area contributed by atoms with Crippen molar-refractivity contribution < 1.29 is 9.53 Å². The molecule has 1 aromatic rings. The van der Waals surface area contributed by atoms with Gasteiger partial charge in [0, 0.05) is 5.41 Å². The van der Waals surface area contributed by atoms with Crippen LogP contribution in [0.15, 0.2) is 30.4 Å². The molecular weight excluding hydrogens is 260 g/mol. The first-order valence-electron chi connectivity index (χ1n) is 8.03. The molecule has 2 heteroatoms. The quantitative estimate of drug-likeness (QED) is 0.781. The second kappa shape index (κ2) is 4.46. The van der Waals surface area contributed by atoms with Crippen LogP contribution in [0.2, 0.25) is 0 Å².